The van der Waals surface area contributed by atoms with E-state index in [0.29, 0.717) is 23.6 Å². The lowest BCUT2D eigenvalue weighted by molar-refractivity contribution is -0.131. The van der Waals surface area contributed by atoms with Gasteiger partial charge in [-0.2, -0.15) is 0 Å². The first-order valence-corrected chi connectivity index (χ1v) is 8.92. The number of hydrogen-bond donors (Lipinski definition) is 0. The maximum atomic E-state index is 12.5. The van der Waals surface area contributed by atoms with Crippen LogP contribution in [0, 0.1) is 0 Å². The molecule has 26 heavy (non-hydrogen) atoms. The molecule has 2 amide bonds. The Kier molecular flexibility index (Phi) is 5.53. The second-order valence-electron chi connectivity index (χ2n) is 5.73. The van der Waals surface area contributed by atoms with Crippen LogP contribution in [-0.2, 0) is 16.0 Å². The third-order valence-electron chi connectivity index (χ3n) is 3.78. The van der Waals surface area contributed by atoms with E-state index in [2.05, 4.69) is 0 Å². The van der Waals surface area contributed by atoms with Gasteiger partial charge in [0.05, 0.1) is 4.91 Å². The molecule has 0 atom stereocenters. The number of hydrogen-bond acceptors (Lipinski definition) is 5. The number of amides is 2. The van der Waals surface area contributed by atoms with Gasteiger partial charge >= 0.3 is 5.97 Å². The Morgan fingerprint density at radius 2 is 1.77 bits per heavy atom. The van der Waals surface area contributed by atoms with Crippen molar-refractivity contribution in [1.82, 2.24) is 4.90 Å². The summed E-state index contributed by atoms with van der Waals surface area (Å²) in [5, 5.41) is -0.256. The smallest absolute Gasteiger partial charge is 0.308 e. The number of benzene rings is 2. The van der Waals surface area contributed by atoms with Gasteiger partial charge in [-0.05, 0) is 47.5 Å². The van der Waals surface area contributed by atoms with Gasteiger partial charge in [0, 0.05) is 13.5 Å². The van der Waals surface area contributed by atoms with Crippen LogP contribution in [0.15, 0.2) is 59.5 Å². The number of carbonyl (C=O) groups is 3. The lowest BCUT2D eigenvalue weighted by atomic mass is 10.1. The molecule has 0 spiro atoms. The fourth-order valence-electron chi connectivity index (χ4n) is 2.53. The first kappa shape index (κ1) is 17.9. The minimum atomic E-state index is -0.391. The molecule has 0 unspecified atom stereocenters. The van der Waals surface area contributed by atoms with Crippen LogP contribution in [0.5, 0.6) is 5.75 Å². The summed E-state index contributed by atoms with van der Waals surface area (Å²) in [6, 6.07) is 16.5. The summed E-state index contributed by atoms with van der Waals surface area (Å²) in [6.07, 6.45) is 2.30. The number of ether oxygens (including phenoxy) is 1. The van der Waals surface area contributed by atoms with Crippen LogP contribution in [0.2, 0.25) is 0 Å². The molecule has 0 aromatic heterocycles. The Balaban J connectivity index is 1.67. The van der Waals surface area contributed by atoms with Gasteiger partial charge in [-0.15, -0.1) is 0 Å². The van der Waals surface area contributed by atoms with Crippen molar-refractivity contribution in [3.8, 4) is 5.75 Å². The summed E-state index contributed by atoms with van der Waals surface area (Å²) in [4.78, 5) is 37.2. The van der Waals surface area contributed by atoms with E-state index in [0.717, 1.165) is 22.9 Å². The predicted molar refractivity (Wildman–Crippen MR) is 101 cm³/mol. The number of rotatable bonds is 5. The van der Waals surface area contributed by atoms with Gasteiger partial charge in [-0.3, -0.25) is 19.3 Å². The maximum absolute atomic E-state index is 12.5. The fourth-order valence-corrected chi connectivity index (χ4v) is 3.39. The molecule has 1 aliphatic rings. The Morgan fingerprint density at radius 1 is 1.08 bits per heavy atom. The van der Waals surface area contributed by atoms with Crippen molar-refractivity contribution in [2.24, 2.45) is 0 Å². The Labute approximate surface area is 155 Å². The van der Waals surface area contributed by atoms with E-state index in [1.807, 2.05) is 30.3 Å². The highest BCUT2D eigenvalue weighted by molar-refractivity contribution is 8.18. The first-order chi connectivity index (χ1) is 12.5. The topological polar surface area (TPSA) is 63.7 Å². The molecule has 1 fully saturated rings. The van der Waals surface area contributed by atoms with Gasteiger partial charge in [-0.25, -0.2) is 0 Å². The molecule has 5 nitrogen and oxygen atoms in total. The third kappa shape index (κ3) is 4.40. The molecular formula is C20H17NO4S. The highest BCUT2D eigenvalue weighted by atomic mass is 32.2. The molecule has 132 valence electrons. The Morgan fingerprint density at radius 3 is 2.42 bits per heavy atom. The van der Waals surface area contributed by atoms with E-state index in [-0.39, 0.29) is 11.1 Å². The van der Waals surface area contributed by atoms with Gasteiger partial charge in [-0.1, -0.05) is 42.5 Å². The van der Waals surface area contributed by atoms with Crippen molar-refractivity contribution in [3.63, 3.8) is 0 Å². The number of esters is 1. The second-order valence-corrected chi connectivity index (χ2v) is 6.72. The van der Waals surface area contributed by atoms with Crippen LogP contribution in [0.3, 0.4) is 0 Å². The van der Waals surface area contributed by atoms with Gasteiger partial charge in [0.2, 0.25) is 0 Å². The van der Waals surface area contributed by atoms with Crippen molar-refractivity contribution in [2.75, 3.05) is 6.54 Å². The van der Waals surface area contributed by atoms with Gasteiger partial charge in [0.25, 0.3) is 11.1 Å². The Hall–Kier alpha value is -2.86. The predicted octanol–water partition coefficient (Wildman–Crippen LogP) is 3.89. The molecule has 0 bridgehead atoms. The van der Waals surface area contributed by atoms with Crippen molar-refractivity contribution in [3.05, 3.63) is 70.6 Å². The van der Waals surface area contributed by atoms with Crippen molar-refractivity contribution in [1.29, 1.82) is 0 Å². The lowest BCUT2D eigenvalue weighted by Gasteiger charge is -2.12. The molecule has 0 saturated carbocycles. The monoisotopic (exact) mass is 367 g/mol. The molecule has 0 N–H and O–H groups in total. The average Bonchev–Trinajstić information content (AvgIpc) is 2.89. The quantitative estimate of drug-likeness (QED) is 0.456. The zero-order valence-corrected chi connectivity index (χ0v) is 15.0. The van der Waals surface area contributed by atoms with Gasteiger partial charge in [0.15, 0.2) is 0 Å². The second kappa shape index (κ2) is 8.01. The van der Waals surface area contributed by atoms with Crippen molar-refractivity contribution in [2.45, 2.75) is 13.3 Å². The minimum Gasteiger partial charge on any atom is -0.427 e. The van der Waals surface area contributed by atoms with E-state index in [1.54, 1.807) is 30.3 Å². The number of nitrogens with zero attached hydrogens (tertiary/aromatic N) is 1. The van der Waals surface area contributed by atoms with Crippen molar-refractivity contribution < 1.29 is 19.1 Å². The van der Waals surface area contributed by atoms with Crippen LogP contribution in [0.25, 0.3) is 6.08 Å². The van der Waals surface area contributed by atoms with E-state index < -0.39 is 5.97 Å². The van der Waals surface area contributed by atoms with Gasteiger partial charge < -0.3 is 4.74 Å². The van der Waals surface area contributed by atoms with Crippen LogP contribution < -0.4 is 4.74 Å². The molecule has 2 aromatic carbocycles. The lowest BCUT2D eigenvalue weighted by Crippen LogP contribution is -2.30. The van der Waals surface area contributed by atoms with E-state index in [9.17, 15) is 14.4 Å². The molecule has 6 heteroatoms. The number of thioether (sulfide) groups is 1. The molecular weight excluding hydrogens is 350 g/mol. The standard InChI is InChI=1S/C20H17NO4S/c1-14(22)25-17-9-7-16(8-10-17)13-18-19(23)21(20(24)26-18)12-11-15-5-3-2-4-6-15/h2-10,13H,11-12H2,1H3/b18-13+. The largest absolute Gasteiger partial charge is 0.427 e. The molecule has 2 aromatic rings. The van der Waals surface area contributed by atoms with E-state index in [4.69, 9.17) is 4.74 Å². The van der Waals surface area contributed by atoms with E-state index in [1.165, 1.54) is 11.8 Å². The zero-order chi connectivity index (χ0) is 18.5. The Bertz CT molecular complexity index is 859. The molecule has 1 heterocycles. The van der Waals surface area contributed by atoms with Crippen LogP contribution in [0.4, 0.5) is 4.79 Å². The highest BCUT2D eigenvalue weighted by Crippen LogP contribution is 2.32. The number of carbonyl (C=O) groups excluding carboxylic acids is 3. The average molecular weight is 367 g/mol. The van der Waals surface area contributed by atoms with Crippen molar-refractivity contribution >= 4 is 35.0 Å². The summed E-state index contributed by atoms with van der Waals surface area (Å²) in [5.41, 5.74) is 1.84. The van der Waals surface area contributed by atoms with Crippen LogP contribution in [-0.4, -0.2) is 28.6 Å². The summed E-state index contributed by atoms with van der Waals surface area (Å²) >= 11 is 0.940. The summed E-state index contributed by atoms with van der Waals surface area (Å²) in [5.74, 6) is -0.233. The first-order valence-electron chi connectivity index (χ1n) is 8.11. The van der Waals surface area contributed by atoms with E-state index >= 15 is 0 Å². The normalized spacial score (nSPS) is 15.6. The molecule has 3 rings (SSSR count). The van der Waals surface area contributed by atoms with Crippen LogP contribution in [0.1, 0.15) is 18.1 Å². The molecule has 0 aliphatic carbocycles. The summed E-state index contributed by atoms with van der Waals surface area (Å²) in [6.45, 7) is 1.69. The SMILES string of the molecule is CC(=O)Oc1ccc(/C=C2/SC(=O)N(CCc3ccccc3)C2=O)cc1. The minimum absolute atomic E-state index is 0.256. The number of imide groups is 1. The fraction of sp³-hybridized carbons (Fsp3) is 0.150. The van der Waals surface area contributed by atoms with Crippen LogP contribution >= 0.6 is 11.8 Å². The third-order valence-corrected chi connectivity index (χ3v) is 4.69. The van der Waals surface area contributed by atoms with Gasteiger partial charge in [0.1, 0.15) is 5.75 Å². The highest BCUT2D eigenvalue weighted by Gasteiger charge is 2.34. The molecule has 0 radical (unpaired) electrons. The zero-order valence-electron chi connectivity index (χ0n) is 14.2. The molecule has 1 aliphatic heterocycles. The summed E-state index contributed by atoms with van der Waals surface area (Å²) < 4.78 is 4.97. The maximum Gasteiger partial charge on any atom is 0.308 e. The molecule has 1 saturated heterocycles. The summed E-state index contributed by atoms with van der Waals surface area (Å²) in [7, 11) is 0.